The molecule has 98 valence electrons. The van der Waals surface area contributed by atoms with Crippen LogP contribution in [0.4, 0.5) is 0 Å². The van der Waals surface area contributed by atoms with Crippen molar-refractivity contribution in [3.05, 3.63) is 0 Å². The maximum absolute atomic E-state index is 11.6. The fourth-order valence-electron chi connectivity index (χ4n) is 1.47. The van der Waals surface area contributed by atoms with Gasteiger partial charge in [-0.05, 0) is 0 Å². The highest BCUT2D eigenvalue weighted by atomic mass is 16.8. The molecule has 2 rings (SSSR count). The van der Waals surface area contributed by atoms with E-state index in [0.29, 0.717) is 0 Å². The van der Waals surface area contributed by atoms with Gasteiger partial charge < -0.3 is 19.7 Å². The summed E-state index contributed by atoms with van der Waals surface area (Å²) in [6, 6.07) is 0. The van der Waals surface area contributed by atoms with Crippen molar-refractivity contribution in [2.24, 2.45) is 0 Å². The number of hydrogen-bond acceptors (Lipinski definition) is 8. The Morgan fingerprint density at radius 3 is 2.00 bits per heavy atom. The van der Waals surface area contributed by atoms with Gasteiger partial charge in [0, 0.05) is 7.05 Å². The number of hydrogen-bond donors (Lipinski definition) is 4. The molecule has 2 heterocycles. The Morgan fingerprint density at radius 1 is 1.22 bits per heavy atom. The Kier molecular flexibility index (Phi) is 2.48. The van der Waals surface area contributed by atoms with Crippen molar-refractivity contribution < 1.29 is 34.1 Å². The average molecular weight is 259 g/mol. The van der Waals surface area contributed by atoms with E-state index in [2.05, 4.69) is 9.47 Å². The molecule has 0 radical (unpaired) electrons. The standard InChI is InChI=1S/C8H9N3O7/c1-11-7(9)10-6(16)8(11)17-4(14)2(12)3(13)5(15)18-8/h2-3,12-13H,1H3,(H2,9,10,16). The zero-order valence-corrected chi connectivity index (χ0v) is 9.04. The van der Waals surface area contributed by atoms with Crippen LogP contribution in [0.3, 0.4) is 0 Å². The molecule has 0 aliphatic carbocycles. The molecule has 2 aliphatic rings. The Hall–Kier alpha value is -2.20. The van der Waals surface area contributed by atoms with E-state index in [1.54, 1.807) is 0 Å². The average Bonchev–Trinajstić information content (AvgIpc) is 2.46. The number of amides is 1. The lowest BCUT2D eigenvalue weighted by molar-refractivity contribution is -0.249. The highest BCUT2D eigenvalue weighted by Crippen LogP contribution is 2.27. The SMILES string of the molecule is CN1C(=N)NC(=O)C12OC(=O)C(O)C(O)C(=O)O2. The Balaban J connectivity index is 2.45. The number of nitrogens with zero attached hydrogens (tertiary/aromatic N) is 1. The van der Waals surface area contributed by atoms with Crippen molar-refractivity contribution in [2.45, 2.75) is 18.1 Å². The molecule has 0 aromatic heterocycles. The summed E-state index contributed by atoms with van der Waals surface area (Å²) in [5, 5.41) is 27.8. The minimum atomic E-state index is -2.51. The number of likely N-dealkylation sites (N-methyl/N-ethyl adjacent to an activating group) is 1. The predicted molar refractivity (Wildman–Crippen MR) is 50.6 cm³/mol. The van der Waals surface area contributed by atoms with Crippen molar-refractivity contribution in [1.29, 1.82) is 5.41 Å². The molecule has 2 aliphatic heterocycles. The second kappa shape index (κ2) is 3.65. The summed E-state index contributed by atoms with van der Waals surface area (Å²) in [6.07, 6.45) is -4.32. The van der Waals surface area contributed by atoms with E-state index in [1.807, 2.05) is 5.32 Å². The molecule has 2 saturated heterocycles. The first-order chi connectivity index (χ1) is 8.29. The van der Waals surface area contributed by atoms with Gasteiger partial charge in [-0.2, -0.15) is 0 Å². The lowest BCUT2D eigenvalue weighted by Crippen LogP contribution is -2.54. The maximum atomic E-state index is 11.6. The Bertz CT molecular complexity index is 440. The number of rotatable bonds is 0. The summed E-state index contributed by atoms with van der Waals surface area (Å²) in [4.78, 5) is 35.1. The topological polar surface area (TPSA) is 149 Å². The second-order valence-corrected chi connectivity index (χ2v) is 3.68. The van der Waals surface area contributed by atoms with Crippen LogP contribution in [0, 0.1) is 5.41 Å². The van der Waals surface area contributed by atoms with Gasteiger partial charge >= 0.3 is 23.8 Å². The van der Waals surface area contributed by atoms with Gasteiger partial charge in [0.1, 0.15) is 0 Å². The van der Waals surface area contributed by atoms with Crippen LogP contribution in [0.5, 0.6) is 0 Å². The molecule has 10 nitrogen and oxygen atoms in total. The number of nitrogens with one attached hydrogen (secondary N) is 2. The lowest BCUT2D eigenvalue weighted by Gasteiger charge is -2.29. The van der Waals surface area contributed by atoms with Crippen LogP contribution in [0.15, 0.2) is 0 Å². The van der Waals surface area contributed by atoms with E-state index in [4.69, 9.17) is 5.41 Å². The lowest BCUT2D eigenvalue weighted by atomic mass is 10.2. The number of carbonyl (C=O) groups is 3. The molecule has 0 aromatic carbocycles. The molecule has 18 heavy (non-hydrogen) atoms. The van der Waals surface area contributed by atoms with Gasteiger partial charge in [0.15, 0.2) is 12.2 Å². The van der Waals surface area contributed by atoms with Crippen molar-refractivity contribution >= 4 is 23.8 Å². The zero-order valence-electron chi connectivity index (χ0n) is 9.04. The van der Waals surface area contributed by atoms with Crippen LogP contribution >= 0.6 is 0 Å². The number of aliphatic hydroxyl groups excluding tert-OH is 2. The maximum Gasteiger partial charge on any atom is 0.429 e. The van der Waals surface area contributed by atoms with Crippen LogP contribution in [-0.2, 0) is 23.9 Å². The molecule has 10 heteroatoms. The summed E-state index contributed by atoms with van der Waals surface area (Å²) < 4.78 is 9.18. The molecular formula is C8H9N3O7. The molecule has 1 spiro atoms. The van der Waals surface area contributed by atoms with Gasteiger partial charge in [-0.1, -0.05) is 0 Å². The van der Waals surface area contributed by atoms with Crippen molar-refractivity contribution in [3.63, 3.8) is 0 Å². The third kappa shape index (κ3) is 1.43. The largest absolute Gasteiger partial charge is 0.429 e. The zero-order chi connectivity index (χ0) is 13.7. The third-order valence-electron chi connectivity index (χ3n) is 2.56. The first-order valence-corrected chi connectivity index (χ1v) is 4.75. The molecule has 2 fully saturated rings. The summed E-state index contributed by atoms with van der Waals surface area (Å²) in [5.74, 6) is -6.89. The molecule has 2 atom stereocenters. The summed E-state index contributed by atoms with van der Waals surface area (Å²) >= 11 is 0. The van der Waals surface area contributed by atoms with Crippen LogP contribution in [0.25, 0.3) is 0 Å². The van der Waals surface area contributed by atoms with E-state index >= 15 is 0 Å². The smallest absolute Gasteiger partial charge is 0.394 e. The highest BCUT2D eigenvalue weighted by molar-refractivity contribution is 6.08. The quantitative estimate of drug-likeness (QED) is 0.327. The molecule has 0 saturated carbocycles. The van der Waals surface area contributed by atoms with E-state index < -0.39 is 41.9 Å². The molecule has 0 bridgehead atoms. The first kappa shape index (κ1) is 12.3. The Morgan fingerprint density at radius 2 is 1.67 bits per heavy atom. The van der Waals surface area contributed by atoms with Gasteiger partial charge in [0.2, 0.25) is 5.96 Å². The normalized spacial score (nSPS) is 36.3. The van der Waals surface area contributed by atoms with E-state index in [-0.39, 0.29) is 0 Å². The Labute approximate surface area is 99.6 Å². The first-order valence-electron chi connectivity index (χ1n) is 4.75. The molecular weight excluding hydrogens is 250 g/mol. The van der Waals surface area contributed by atoms with Crippen LogP contribution in [0.1, 0.15) is 0 Å². The third-order valence-corrected chi connectivity index (χ3v) is 2.56. The fourth-order valence-corrected chi connectivity index (χ4v) is 1.47. The minimum Gasteiger partial charge on any atom is -0.394 e. The molecule has 2 unspecified atom stereocenters. The minimum absolute atomic E-state index is 0.466. The number of ether oxygens (including phenoxy) is 2. The van der Waals surface area contributed by atoms with Gasteiger partial charge in [-0.3, -0.25) is 20.4 Å². The second-order valence-electron chi connectivity index (χ2n) is 3.68. The van der Waals surface area contributed by atoms with Crippen LogP contribution < -0.4 is 5.32 Å². The molecule has 4 N–H and O–H groups in total. The summed E-state index contributed by atoms with van der Waals surface area (Å²) in [5.41, 5.74) is 0. The summed E-state index contributed by atoms with van der Waals surface area (Å²) in [6.45, 7) is 0. The number of carbonyl (C=O) groups excluding carboxylic acids is 3. The fraction of sp³-hybridized carbons (Fsp3) is 0.500. The number of esters is 2. The summed E-state index contributed by atoms with van der Waals surface area (Å²) in [7, 11) is 1.16. The van der Waals surface area contributed by atoms with E-state index in [9.17, 15) is 24.6 Å². The van der Waals surface area contributed by atoms with Gasteiger partial charge in [0.25, 0.3) is 0 Å². The number of guanidine groups is 1. The van der Waals surface area contributed by atoms with E-state index in [0.717, 1.165) is 11.9 Å². The number of aliphatic hydroxyl groups is 2. The van der Waals surface area contributed by atoms with Gasteiger partial charge in [-0.25, -0.2) is 9.59 Å². The van der Waals surface area contributed by atoms with Crippen LogP contribution in [0.2, 0.25) is 0 Å². The van der Waals surface area contributed by atoms with Crippen molar-refractivity contribution in [2.75, 3.05) is 7.05 Å². The highest BCUT2D eigenvalue weighted by Gasteiger charge is 2.61. The van der Waals surface area contributed by atoms with Gasteiger partial charge in [-0.15, -0.1) is 0 Å². The van der Waals surface area contributed by atoms with Crippen LogP contribution in [-0.4, -0.2) is 64.1 Å². The predicted octanol–water partition coefficient (Wildman–Crippen LogP) is -3.54. The van der Waals surface area contributed by atoms with Gasteiger partial charge in [0.05, 0.1) is 0 Å². The molecule has 1 amide bonds. The van der Waals surface area contributed by atoms with Crippen molar-refractivity contribution in [1.82, 2.24) is 10.2 Å². The van der Waals surface area contributed by atoms with Crippen molar-refractivity contribution in [3.8, 4) is 0 Å². The monoisotopic (exact) mass is 259 g/mol. The van der Waals surface area contributed by atoms with E-state index in [1.165, 1.54) is 0 Å². The molecule has 0 aromatic rings.